The molecule has 2 rings (SSSR count). The van der Waals surface area contributed by atoms with Gasteiger partial charge in [-0.3, -0.25) is 0 Å². The molecule has 1 N–H and O–H groups in total. The topological polar surface area (TPSA) is 43.6 Å². The van der Waals surface area contributed by atoms with Crippen molar-refractivity contribution in [3.8, 4) is 11.5 Å². The highest BCUT2D eigenvalue weighted by Gasteiger charge is 2.10. The minimum atomic E-state index is 0.539. The first kappa shape index (κ1) is 14.8. The molecule has 108 valence electrons. The maximum absolute atomic E-state index is 6.16. The van der Waals surface area contributed by atoms with Crippen LogP contribution in [-0.4, -0.2) is 14.2 Å². The minimum Gasteiger partial charge on any atom is -0.493 e. The van der Waals surface area contributed by atoms with Gasteiger partial charge in [-0.1, -0.05) is 11.6 Å². The van der Waals surface area contributed by atoms with Crippen molar-refractivity contribution in [3.63, 3.8) is 0 Å². The van der Waals surface area contributed by atoms with Crippen molar-refractivity contribution in [2.24, 2.45) is 0 Å². The summed E-state index contributed by atoms with van der Waals surface area (Å²) in [5, 5.41) is 3.84. The molecule has 0 saturated heterocycles. The van der Waals surface area contributed by atoms with Crippen LogP contribution in [0, 0.1) is 6.92 Å². The van der Waals surface area contributed by atoms with Gasteiger partial charge in [-0.2, -0.15) is 0 Å². The van der Waals surface area contributed by atoms with Crippen molar-refractivity contribution in [3.05, 3.63) is 46.4 Å². The third-order valence-electron chi connectivity index (χ3n) is 2.92. The Morgan fingerprint density at radius 2 is 1.95 bits per heavy atom. The summed E-state index contributed by atoms with van der Waals surface area (Å²) in [6, 6.07) is 7.68. The van der Waals surface area contributed by atoms with E-state index in [1.807, 2.05) is 31.2 Å². The van der Waals surface area contributed by atoms with Crippen LogP contribution in [-0.2, 0) is 13.1 Å². The van der Waals surface area contributed by atoms with Crippen molar-refractivity contribution in [1.82, 2.24) is 5.32 Å². The van der Waals surface area contributed by atoms with Crippen molar-refractivity contribution in [2.45, 2.75) is 20.0 Å². The van der Waals surface area contributed by atoms with E-state index >= 15 is 0 Å². The summed E-state index contributed by atoms with van der Waals surface area (Å²) in [5.41, 5.74) is 1.02. The first-order valence-electron chi connectivity index (χ1n) is 6.30. The third kappa shape index (κ3) is 3.46. The van der Waals surface area contributed by atoms with Crippen molar-refractivity contribution in [2.75, 3.05) is 14.2 Å². The highest BCUT2D eigenvalue weighted by atomic mass is 35.5. The van der Waals surface area contributed by atoms with E-state index in [9.17, 15) is 0 Å². The number of aryl methyl sites for hydroxylation is 1. The molecule has 2 aromatic rings. The number of halogens is 1. The predicted molar refractivity (Wildman–Crippen MR) is 78.5 cm³/mol. The average Bonchev–Trinajstić information content (AvgIpc) is 2.83. The van der Waals surface area contributed by atoms with Gasteiger partial charge < -0.3 is 19.2 Å². The summed E-state index contributed by atoms with van der Waals surface area (Å²) in [4.78, 5) is 0. The fourth-order valence-electron chi connectivity index (χ4n) is 1.98. The second-order valence-electron chi connectivity index (χ2n) is 4.43. The Labute approximate surface area is 123 Å². The summed E-state index contributed by atoms with van der Waals surface area (Å²) in [5.74, 6) is 3.01. The van der Waals surface area contributed by atoms with E-state index in [1.54, 1.807) is 14.2 Å². The summed E-state index contributed by atoms with van der Waals surface area (Å²) in [6.45, 7) is 3.26. The van der Waals surface area contributed by atoms with Crippen LogP contribution in [0.4, 0.5) is 0 Å². The van der Waals surface area contributed by atoms with Crippen LogP contribution >= 0.6 is 11.6 Å². The molecule has 1 aromatic carbocycles. The lowest BCUT2D eigenvalue weighted by Gasteiger charge is -2.12. The molecule has 0 bridgehead atoms. The number of rotatable bonds is 6. The first-order valence-corrected chi connectivity index (χ1v) is 6.68. The van der Waals surface area contributed by atoms with Gasteiger partial charge in [0.1, 0.15) is 11.5 Å². The van der Waals surface area contributed by atoms with E-state index in [4.69, 9.17) is 25.5 Å². The molecule has 20 heavy (non-hydrogen) atoms. The highest BCUT2D eigenvalue weighted by Crippen LogP contribution is 2.35. The lowest BCUT2D eigenvalue weighted by atomic mass is 10.2. The van der Waals surface area contributed by atoms with Gasteiger partial charge in [-0.15, -0.1) is 0 Å². The molecular weight excluding hydrogens is 278 g/mol. The molecular formula is C15H18ClNO3. The van der Waals surface area contributed by atoms with Crippen molar-refractivity contribution >= 4 is 11.6 Å². The van der Waals surface area contributed by atoms with Gasteiger partial charge in [0.05, 0.1) is 25.8 Å². The Morgan fingerprint density at radius 3 is 2.55 bits per heavy atom. The number of nitrogens with one attached hydrogen (secondary N) is 1. The zero-order chi connectivity index (χ0) is 14.5. The lowest BCUT2D eigenvalue weighted by Crippen LogP contribution is -2.12. The number of hydrogen-bond donors (Lipinski definition) is 1. The van der Waals surface area contributed by atoms with Gasteiger partial charge in [0.15, 0.2) is 11.5 Å². The SMILES string of the molecule is COc1cc(CNCc2ccc(C)o2)cc(Cl)c1OC. The summed E-state index contributed by atoms with van der Waals surface area (Å²) < 4.78 is 16.0. The molecule has 0 atom stereocenters. The van der Waals surface area contributed by atoms with E-state index in [0.29, 0.717) is 29.6 Å². The molecule has 0 amide bonds. The highest BCUT2D eigenvalue weighted by molar-refractivity contribution is 6.32. The number of methoxy groups -OCH3 is 2. The van der Waals surface area contributed by atoms with Crippen LogP contribution in [0.2, 0.25) is 5.02 Å². The van der Waals surface area contributed by atoms with Crippen LogP contribution in [0.1, 0.15) is 17.1 Å². The molecule has 1 heterocycles. The number of furan rings is 1. The van der Waals surface area contributed by atoms with Gasteiger partial charge in [-0.05, 0) is 36.8 Å². The summed E-state index contributed by atoms with van der Waals surface area (Å²) in [7, 11) is 3.16. The fourth-order valence-corrected chi connectivity index (χ4v) is 2.29. The van der Waals surface area contributed by atoms with Gasteiger partial charge in [0.25, 0.3) is 0 Å². The summed E-state index contributed by atoms with van der Waals surface area (Å²) >= 11 is 6.16. The lowest BCUT2D eigenvalue weighted by molar-refractivity contribution is 0.354. The Balaban J connectivity index is 2.01. The summed E-state index contributed by atoms with van der Waals surface area (Å²) in [6.07, 6.45) is 0. The minimum absolute atomic E-state index is 0.539. The van der Waals surface area contributed by atoms with Crippen molar-refractivity contribution in [1.29, 1.82) is 0 Å². The van der Waals surface area contributed by atoms with E-state index in [2.05, 4.69) is 5.32 Å². The van der Waals surface area contributed by atoms with Crippen LogP contribution in [0.15, 0.2) is 28.7 Å². The second kappa shape index (κ2) is 6.68. The number of hydrogen-bond acceptors (Lipinski definition) is 4. The average molecular weight is 296 g/mol. The van der Waals surface area contributed by atoms with Crippen LogP contribution in [0.25, 0.3) is 0 Å². The molecule has 0 saturated carbocycles. The molecule has 4 nitrogen and oxygen atoms in total. The Morgan fingerprint density at radius 1 is 1.15 bits per heavy atom. The van der Waals surface area contributed by atoms with E-state index in [0.717, 1.165) is 17.1 Å². The van der Waals surface area contributed by atoms with Gasteiger partial charge >= 0.3 is 0 Å². The van der Waals surface area contributed by atoms with Crippen molar-refractivity contribution < 1.29 is 13.9 Å². The molecule has 1 aromatic heterocycles. The van der Waals surface area contributed by atoms with Crippen LogP contribution in [0.3, 0.4) is 0 Å². The van der Waals surface area contributed by atoms with E-state index in [1.165, 1.54) is 0 Å². The normalized spacial score (nSPS) is 10.6. The molecule has 0 aliphatic carbocycles. The standard InChI is InChI=1S/C15H18ClNO3/c1-10-4-5-12(20-10)9-17-8-11-6-13(16)15(19-3)14(7-11)18-2/h4-7,17H,8-9H2,1-3H3. The van der Waals surface area contributed by atoms with Gasteiger partial charge in [0.2, 0.25) is 0 Å². The molecule has 0 radical (unpaired) electrons. The second-order valence-corrected chi connectivity index (χ2v) is 4.84. The fraction of sp³-hybridized carbons (Fsp3) is 0.333. The third-order valence-corrected chi connectivity index (χ3v) is 3.20. The van der Waals surface area contributed by atoms with Crippen LogP contribution in [0.5, 0.6) is 11.5 Å². The monoisotopic (exact) mass is 295 g/mol. The van der Waals surface area contributed by atoms with E-state index in [-0.39, 0.29) is 0 Å². The Hall–Kier alpha value is -1.65. The number of ether oxygens (including phenoxy) is 2. The predicted octanol–water partition coefficient (Wildman–Crippen LogP) is 3.55. The molecule has 0 unspecified atom stereocenters. The van der Waals surface area contributed by atoms with Gasteiger partial charge in [0, 0.05) is 6.54 Å². The Bertz CT molecular complexity index is 580. The largest absolute Gasteiger partial charge is 0.493 e. The van der Waals surface area contributed by atoms with Crippen LogP contribution < -0.4 is 14.8 Å². The van der Waals surface area contributed by atoms with Gasteiger partial charge in [-0.25, -0.2) is 0 Å². The molecule has 0 aliphatic rings. The zero-order valence-electron chi connectivity index (χ0n) is 11.8. The molecule has 5 heteroatoms. The molecule has 0 fully saturated rings. The zero-order valence-corrected chi connectivity index (χ0v) is 12.6. The molecule has 0 aliphatic heterocycles. The molecule has 0 spiro atoms. The smallest absolute Gasteiger partial charge is 0.179 e. The first-order chi connectivity index (χ1) is 9.63. The Kier molecular flexibility index (Phi) is 4.93. The maximum atomic E-state index is 6.16. The van der Waals surface area contributed by atoms with E-state index < -0.39 is 0 Å². The quantitative estimate of drug-likeness (QED) is 0.885. The number of benzene rings is 1. The maximum Gasteiger partial charge on any atom is 0.179 e.